The summed E-state index contributed by atoms with van der Waals surface area (Å²) < 4.78 is 2.24. The predicted octanol–water partition coefficient (Wildman–Crippen LogP) is 2.94. The van der Waals surface area contributed by atoms with Gasteiger partial charge in [0.15, 0.2) is 18.0 Å². The second kappa shape index (κ2) is 11.3. The predicted molar refractivity (Wildman–Crippen MR) is 138 cm³/mol. The van der Waals surface area contributed by atoms with Crippen molar-refractivity contribution in [3.8, 4) is 0 Å². The van der Waals surface area contributed by atoms with Gasteiger partial charge in [-0.1, -0.05) is 48.9 Å². The summed E-state index contributed by atoms with van der Waals surface area (Å²) in [6.45, 7) is 3.11. The molecule has 1 aromatic carbocycles. The van der Waals surface area contributed by atoms with Crippen LogP contribution in [0, 0.1) is 5.21 Å². The van der Waals surface area contributed by atoms with Crippen molar-refractivity contribution in [2.45, 2.75) is 25.9 Å². The summed E-state index contributed by atoms with van der Waals surface area (Å²) >= 11 is 6.12. The largest absolute Gasteiger partial charge is 0.619 e. The number of fused-ring (bicyclic) bond motifs is 1. The third kappa shape index (κ3) is 5.37. The third-order valence-electron chi connectivity index (χ3n) is 5.97. The summed E-state index contributed by atoms with van der Waals surface area (Å²) in [7, 11) is 1.80. The first-order valence-electron chi connectivity index (χ1n) is 11.7. The van der Waals surface area contributed by atoms with Gasteiger partial charge in [-0.25, -0.2) is 9.97 Å². The molecule has 4 aromatic rings. The van der Waals surface area contributed by atoms with E-state index in [1.807, 2.05) is 37.3 Å². The second-order valence-electron chi connectivity index (χ2n) is 8.32. The summed E-state index contributed by atoms with van der Waals surface area (Å²) in [5.74, 6) is 0.158. The number of hydrogen-bond acceptors (Lipinski definition) is 6. The Morgan fingerprint density at radius 1 is 1.14 bits per heavy atom. The molecule has 4 rings (SSSR count). The Hall–Kier alpha value is -3.82. The van der Waals surface area contributed by atoms with Crippen LogP contribution in [0.15, 0.2) is 71.8 Å². The molecule has 0 saturated carbocycles. The van der Waals surface area contributed by atoms with Crippen molar-refractivity contribution in [2.75, 3.05) is 20.1 Å². The van der Waals surface area contributed by atoms with E-state index in [0.717, 1.165) is 5.56 Å². The molecule has 0 aliphatic carbocycles. The van der Waals surface area contributed by atoms with Crippen molar-refractivity contribution < 1.29 is 9.52 Å². The van der Waals surface area contributed by atoms with E-state index in [1.165, 1.54) is 24.5 Å². The number of carbonyl (C=O) groups is 1. The van der Waals surface area contributed by atoms with E-state index in [4.69, 9.17) is 16.6 Å². The lowest BCUT2D eigenvalue weighted by Crippen LogP contribution is -2.42. The van der Waals surface area contributed by atoms with Crippen molar-refractivity contribution in [1.29, 1.82) is 0 Å². The maximum atomic E-state index is 13.7. The van der Waals surface area contributed by atoms with Crippen molar-refractivity contribution in [1.82, 2.24) is 24.8 Å². The Morgan fingerprint density at radius 2 is 1.86 bits per heavy atom. The molecule has 10 heteroatoms. The van der Waals surface area contributed by atoms with Gasteiger partial charge in [-0.05, 0) is 31.2 Å². The topological polar surface area (TPSA) is 107 Å². The second-order valence-corrected chi connectivity index (χ2v) is 8.71. The zero-order chi connectivity index (χ0) is 25.7. The molecule has 3 aromatic heterocycles. The summed E-state index contributed by atoms with van der Waals surface area (Å²) in [5, 5.41) is 15.2. The summed E-state index contributed by atoms with van der Waals surface area (Å²) in [6, 6.07) is 15.2. The normalized spacial score (nSPS) is 12.0. The first-order valence-corrected chi connectivity index (χ1v) is 12.1. The molecule has 0 aliphatic heterocycles. The van der Waals surface area contributed by atoms with Gasteiger partial charge in [0.2, 0.25) is 0 Å². The van der Waals surface area contributed by atoms with E-state index in [1.54, 1.807) is 28.6 Å². The molecule has 1 N–H and O–H groups in total. The molecule has 0 spiro atoms. The molecular formula is C26H27ClN6O3. The number of hydrogen-bond donors (Lipinski definition) is 1. The SMILES string of the molecule is CCC(c1nc2nc(Cl)ccc2c(=O)n1Cc1ccccc1)N(CCNC)C(=O)c1cc[n+]([O-])cc1. The van der Waals surface area contributed by atoms with Gasteiger partial charge in [-0.15, -0.1) is 0 Å². The Labute approximate surface area is 213 Å². The van der Waals surface area contributed by atoms with Crippen molar-refractivity contribution in [2.24, 2.45) is 0 Å². The van der Waals surface area contributed by atoms with Gasteiger partial charge in [-0.3, -0.25) is 14.2 Å². The van der Waals surface area contributed by atoms with Gasteiger partial charge in [0.1, 0.15) is 11.0 Å². The van der Waals surface area contributed by atoms with Crippen molar-refractivity contribution >= 4 is 28.5 Å². The van der Waals surface area contributed by atoms with Crippen LogP contribution >= 0.6 is 11.6 Å². The van der Waals surface area contributed by atoms with Crippen molar-refractivity contribution in [3.63, 3.8) is 0 Å². The van der Waals surface area contributed by atoms with E-state index < -0.39 is 6.04 Å². The van der Waals surface area contributed by atoms with E-state index in [2.05, 4.69) is 10.3 Å². The molecule has 9 nitrogen and oxygen atoms in total. The van der Waals surface area contributed by atoms with Gasteiger partial charge >= 0.3 is 0 Å². The lowest BCUT2D eigenvalue weighted by Gasteiger charge is -2.32. The Morgan fingerprint density at radius 3 is 2.53 bits per heavy atom. The smallest absolute Gasteiger partial charge is 0.263 e. The van der Waals surface area contributed by atoms with Crippen LogP contribution in [0.25, 0.3) is 11.0 Å². The molecule has 3 heterocycles. The highest BCUT2D eigenvalue weighted by molar-refractivity contribution is 6.29. The van der Waals surface area contributed by atoms with Crippen LogP contribution in [-0.4, -0.2) is 45.5 Å². The van der Waals surface area contributed by atoms with Crippen LogP contribution in [0.3, 0.4) is 0 Å². The number of carbonyl (C=O) groups excluding carboxylic acids is 1. The number of pyridine rings is 2. The van der Waals surface area contributed by atoms with E-state index in [9.17, 15) is 14.8 Å². The average molecular weight is 507 g/mol. The van der Waals surface area contributed by atoms with Crippen LogP contribution in [-0.2, 0) is 6.54 Å². The van der Waals surface area contributed by atoms with Gasteiger partial charge in [0.25, 0.3) is 11.5 Å². The van der Waals surface area contributed by atoms with Gasteiger partial charge in [0.05, 0.1) is 23.5 Å². The molecule has 0 bridgehead atoms. The molecule has 0 radical (unpaired) electrons. The van der Waals surface area contributed by atoms with E-state index >= 15 is 0 Å². The molecule has 1 amide bonds. The van der Waals surface area contributed by atoms with Crippen LogP contribution in [0.2, 0.25) is 5.15 Å². The molecule has 1 atom stereocenters. The van der Waals surface area contributed by atoms with Gasteiger partial charge in [-0.2, -0.15) is 4.73 Å². The summed E-state index contributed by atoms with van der Waals surface area (Å²) in [5.41, 5.74) is 1.28. The first kappa shape index (κ1) is 25.3. The van der Waals surface area contributed by atoms with Gasteiger partial charge in [0, 0.05) is 25.2 Å². The highest BCUT2D eigenvalue weighted by atomic mass is 35.5. The number of likely N-dealkylation sites (N-methyl/N-ethyl adjacent to an activating group) is 1. The maximum Gasteiger partial charge on any atom is 0.263 e. The fourth-order valence-corrected chi connectivity index (χ4v) is 4.31. The first-order chi connectivity index (χ1) is 17.4. The molecule has 0 fully saturated rings. The molecule has 0 saturated heterocycles. The van der Waals surface area contributed by atoms with Crippen LogP contribution in [0.1, 0.15) is 41.1 Å². The van der Waals surface area contributed by atoms with E-state index in [-0.39, 0.29) is 28.8 Å². The molecule has 36 heavy (non-hydrogen) atoms. The number of halogens is 1. The highest BCUT2D eigenvalue weighted by Crippen LogP contribution is 2.26. The van der Waals surface area contributed by atoms with Crippen LogP contribution in [0.5, 0.6) is 0 Å². The minimum Gasteiger partial charge on any atom is -0.619 e. The Kier molecular flexibility index (Phi) is 7.92. The zero-order valence-electron chi connectivity index (χ0n) is 20.1. The maximum absolute atomic E-state index is 13.7. The Balaban J connectivity index is 1.89. The van der Waals surface area contributed by atoms with Crippen molar-refractivity contribution in [3.05, 3.63) is 105 Å². The minimum atomic E-state index is -0.535. The number of rotatable bonds is 9. The molecule has 0 aliphatic rings. The highest BCUT2D eigenvalue weighted by Gasteiger charge is 2.29. The van der Waals surface area contributed by atoms with Crippen LogP contribution in [0.4, 0.5) is 0 Å². The number of aromatic nitrogens is 4. The monoisotopic (exact) mass is 506 g/mol. The molecule has 186 valence electrons. The lowest BCUT2D eigenvalue weighted by molar-refractivity contribution is -0.605. The fraction of sp³-hybridized carbons (Fsp3) is 0.269. The molecular weight excluding hydrogens is 480 g/mol. The average Bonchev–Trinajstić information content (AvgIpc) is 2.89. The fourth-order valence-electron chi connectivity index (χ4n) is 4.16. The van der Waals surface area contributed by atoms with E-state index in [0.29, 0.717) is 41.0 Å². The number of nitrogens with one attached hydrogen (secondary N) is 1. The summed E-state index contributed by atoms with van der Waals surface area (Å²) in [4.78, 5) is 38.1. The number of benzene rings is 1. The standard InChI is InChI=1S/C26H27ClN6O3/c1-3-21(32(16-13-28-2)25(34)19-11-14-31(36)15-12-19)24-30-23-20(9-10-22(27)29-23)26(35)33(24)17-18-7-5-4-6-8-18/h4-12,14-15,21,28H,3,13,16-17H2,1-2H3. The minimum absolute atomic E-state index is 0.229. The number of nitrogens with zero attached hydrogens (tertiary/aromatic N) is 5. The number of amides is 1. The third-order valence-corrected chi connectivity index (χ3v) is 6.18. The summed E-state index contributed by atoms with van der Waals surface area (Å²) in [6.07, 6.45) is 3.07. The van der Waals surface area contributed by atoms with Gasteiger partial charge < -0.3 is 15.4 Å². The zero-order valence-corrected chi connectivity index (χ0v) is 20.9. The molecule has 1 unspecified atom stereocenters. The van der Waals surface area contributed by atoms with Crippen LogP contribution < -0.4 is 15.6 Å². The lowest BCUT2D eigenvalue weighted by atomic mass is 10.1. The Bertz CT molecular complexity index is 1410. The quantitative estimate of drug-likeness (QED) is 0.212.